The molecule has 0 aromatic heterocycles. The van der Waals surface area contributed by atoms with E-state index in [9.17, 15) is 0 Å². The first-order valence-electron chi connectivity index (χ1n) is 8.24. The summed E-state index contributed by atoms with van der Waals surface area (Å²) in [6.07, 6.45) is 7.55. The topological polar surface area (TPSA) is 21.3 Å². The van der Waals surface area contributed by atoms with Crippen LogP contribution in [0.3, 0.4) is 0 Å². The highest BCUT2D eigenvalue weighted by Crippen LogP contribution is 2.32. The van der Waals surface area contributed by atoms with Crippen molar-refractivity contribution in [3.8, 4) is 0 Å². The smallest absolute Gasteiger partial charge is 0.0827 e. The minimum Gasteiger partial charge on any atom is -0.374 e. The summed E-state index contributed by atoms with van der Waals surface area (Å²) < 4.78 is 6.14. The minimum absolute atomic E-state index is 0.332. The van der Waals surface area contributed by atoms with Crippen LogP contribution in [0.2, 0.25) is 0 Å². The molecule has 1 aromatic carbocycles. The maximum atomic E-state index is 6.14. The van der Waals surface area contributed by atoms with Crippen LogP contribution in [0.15, 0.2) is 24.3 Å². The maximum Gasteiger partial charge on any atom is 0.0827 e. The van der Waals surface area contributed by atoms with Crippen LogP contribution in [-0.2, 0) is 11.2 Å². The van der Waals surface area contributed by atoms with Crippen LogP contribution >= 0.6 is 0 Å². The Kier molecular flexibility index (Phi) is 6.55. The third kappa shape index (κ3) is 4.60. The molecule has 2 heteroatoms. The lowest BCUT2D eigenvalue weighted by molar-refractivity contribution is 0.0375. The van der Waals surface area contributed by atoms with Crippen molar-refractivity contribution < 1.29 is 4.74 Å². The fourth-order valence-electron chi connectivity index (χ4n) is 2.99. The van der Waals surface area contributed by atoms with Crippen LogP contribution in [0.25, 0.3) is 0 Å². The van der Waals surface area contributed by atoms with Gasteiger partial charge >= 0.3 is 0 Å². The molecule has 1 aromatic rings. The highest BCUT2D eigenvalue weighted by Gasteiger charge is 2.19. The highest BCUT2D eigenvalue weighted by molar-refractivity contribution is 5.31. The summed E-state index contributed by atoms with van der Waals surface area (Å²) in [5.74, 6) is 0. The number of ether oxygens (including phenoxy) is 1. The Morgan fingerprint density at radius 1 is 1.35 bits per heavy atom. The average molecular weight is 275 g/mol. The molecule has 0 fully saturated rings. The van der Waals surface area contributed by atoms with Crippen molar-refractivity contribution in [1.29, 1.82) is 0 Å². The predicted octanol–water partition coefficient (Wildman–Crippen LogP) is 4.25. The van der Waals surface area contributed by atoms with Gasteiger partial charge in [0.05, 0.1) is 6.10 Å². The first kappa shape index (κ1) is 15.5. The number of hydrogen-bond acceptors (Lipinski definition) is 2. The van der Waals surface area contributed by atoms with Crippen LogP contribution in [0, 0.1) is 0 Å². The van der Waals surface area contributed by atoms with Crippen LogP contribution in [0.5, 0.6) is 0 Å². The van der Waals surface area contributed by atoms with E-state index < -0.39 is 0 Å². The van der Waals surface area contributed by atoms with E-state index in [1.165, 1.54) is 43.2 Å². The van der Waals surface area contributed by atoms with E-state index >= 15 is 0 Å². The van der Waals surface area contributed by atoms with Gasteiger partial charge < -0.3 is 10.1 Å². The van der Waals surface area contributed by atoms with Gasteiger partial charge in [-0.05, 0) is 63.1 Å². The van der Waals surface area contributed by atoms with Gasteiger partial charge in [-0.1, -0.05) is 31.2 Å². The zero-order valence-corrected chi connectivity index (χ0v) is 13.0. The Morgan fingerprint density at radius 3 is 3.05 bits per heavy atom. The lowest BCUT2D eigenvalue weighted by atomic mass is 9.89. The summed E-state index contributed by atoms with van der Waals surface area (Å²) in [4.78, 5) is 0. The fourth-order valence-corrected chi connectivity index (χ4v) is 2.99. The van der Waals surface area contributed by atoms with Crippen LogP contribution < -0.4 is 5.32 Å². The summed E-state index contributed by atoms with van der Waals surface area (Å²) in [6, 6.07) is 9.38. The molecule has 2 unspecified atom stereocenters. The third-order valence-electron chi connectivity index (χ3n) is 4.16. The highest BCUT2D eigenvalue weighted by atomic mass is 16.5. The van der Waals surface area contributed by atoms with Gasteiger partial charge in [0.2, 0.25) is 0 Å². The van der Waals surface area contributed by atoms with Crippen molar-refractivity contribution in [2.45, 2.75) is 64.5 Å². The Hall–Kier alpha value is -0.860. The second-order valence-electron chi connectivity index (χ2n) is 5.95. The molecule has 2 atom stereocenters. The number of fused-ring (bicyclic) bond motifs is 1. The van der Waals surface area contributed by atoms with Gasteiger partial charge in [-0.3, -0.25) is 0 Å². The van der Waals surface area contributed by atoms with Gasteiger partial charge in [0.15, 0.2) is 0 Å². The van der Waals surface area contributed by atoms with Gasteiger partial charge in [0.1, 0.15) is 0 Å². The van der Waals surface area contributed by atoms with Gasteiger partial charge in [-0.25, -0.2) is 0 Å². The van der Waals surface area contributed by atoms with E-state index in [0.29, 0.717) is 12.1 Å². The molecule has 0 heterocycles. The van der Waals surface area contributed by atoms with E-state index in [0.717, 1.165) is 19.6 Å². The minimum atomic E-state index is 0.332. The van der Waals surface area contributed by atoms with Crippen LogP contribution in [-0.4, -0.2) is 19.2 Å². The molecule has 2 rings (SSSR count). The molecule has 1 aliphatic rings. The van der Waals surface area contributed by atoms with Crippen LogP contribution in [0.4, 0.5) is 0 Å². The first-order chi connectivity index (χ1) is 9.81. The number of nitrogens with one attached hydrogen (secondary N) is 1. The van der Waals surface area contributed by atoms with Gasteiger partial charge in [0, 0.05) is 12.6 Å². The van der Waals surface area contributed by atoms with E-state index in [-0.39, 0.29) is 0 Å². The Balaban J connectivity index is 1.70. The first-order valence-corrected chi connectivity index (χ1v) is 8.24. The van der Waals surface area contributed by atoms with E-state index in [1.54, 1.807) is 0 Å². The molecule has 20 heavy (non-hydrogen) atoms. The Morgan fingerprint density at radius 2 is 2.20 bits per heavy atom. The standard InChI is InChI=1S/C18H29NO/c1-3-13-19-15(2)8-7-14-20-18-12-6-10-16-9-4-5-11-17(16)18/h4-5,9,11,15,18-19H,3,6-8,10,12-14H2,1-2H3. The quantitative estimate of drug-likeness (QED) is 0.716. The molecule has 1 aliphatic carbocycles. The number of hydrogen-bond donors (Lipinski definition) is 1. The molecule has 1 N–H and O–H groups in total. The zero-order chi connectivity index (χ0) is 14.2. The predicted molar refractivity (Wildman–Crippen MR) is 85.1 cm³/mol. The van der Waals surface area contributed by atoms with Crippen molar-refractivity contribution in [2.24, 2.45) is 0 Å². The largest absolute Gasteiger partial charge is 0.374 e. The molecular weight excluding hydrogens is 246 g/mol. The second kappa shape index (κ2) is 8.43. The molecule has 0 amide bonds. The number of benzene rings is 1. The van der Waals surface area contributed by atoms with Crippen molar-refractivity contribution in [3.05, 3.63) is 35.4 Å². The van der Waals surface area contributed by atoms with Crippen molar-refractivity contribution >= 4 is 0 Å². The second-order valence-corrected chi connectivity index (χ2v) is 5.95. The number of rotatable bonds is 8. The lowest BCUT2D eigenvalue weighted by Crippen LogP contribution is -2.27. The fraction of sp³-hybridized carbons (Fsp3) is 0.667. The van der Waals surface area contributed by atoms with Crippen molar-refractivity contribution in [1.82, 2.24) is 5.32 Å². The van der Waals surface area contributed by atoms with Gasteiger partial charge in [0.25, 0.3) is 0 Å². The summed E-state index contributed by atoms with van der Waals surface area (Å²) in [6.45, 7) is 6.49. The molecule has 112 valence electrons. The molecule has 0 bridgehead atoms. The Labute approximate surface area is 123 Å². The summed E-state index contributed by atoms with van der Waals surface area (Å²) in [5, 5.41) is 3.53. The number of aryl methyl sites for hydroxylation is 1. The molecular formula is C18H29NO. The molecule has 0 aliphatic heterocycles. The van der Waals surface area contributed by atoms with E-state index in [2.05, 4.69) is 43.4 Å². The van der Waals surface area contributed by atoms with E-state index in [4.69, 9.17) is 4.74 Å². The zero-order valence-electron chi connectivity index (χ0n) is 13.0. The summed E-state index contributed by atoms with van der Waals surface area (Å²) in [7, 11) is 0. The van der Waals surface area contributed by atoms with Crippen LogP contribution in [0.1, 0.15) is 63.2 Å². The van der Waals surface area contributed by atoms with Crippen molar-refractivity contribution in [3.63, 3.8) is 0 Å². The van der Waals surface area contributed by atoms with Gasteiger partial charge in [-0.15, -0.1) is 0 Å². The summed E-state index contributed by atoms with van der Waals surface area (Å²) in [5.41, 5.74) is 2.91. The average Bonchev–Trinajstić information content (AvgIpc) is 2.49. The normalized spacial score (nSPS) is 19.6. The third-order valence-corrected chi connectivity index (χ3v) is 4.16. The van der Waals surface area contributed by atoms with Crippen molar-refractivity contribution in [2.75, 3.05) is 13.2 Å². The lowest BCUT2D eigenvalue weighted by Gasteiger charge is -2.26. The molecule has 0 spiro atoms. The maximum absolute atomic E-state index is 6.14. The molecule has 0 saturated heterocycles. The molecule has 0 saturated carbocycles. The van der Waals surface area contributed by atoms with Gasteiger partial charge in [-0.2, -0.15) is 0 Å². The SMILES string of the molecule is CCCNC(C)CCCOC1CCCc2ccccc21. The molecule has 0 radical (unpaired) electrons. The van der Waals surface area contributed by atoms with E-state index in [1.807, 2.05) is 0 Å². The Bertz CT molecular complexity index is 391. The summed E-state index contributed by atoms with van der Waals surface area (Å²) >= 11 is 0. The monoisotopic (exact) mass is 275 g/mol. The molecule has 2 nitrogen and oxygen atoms in total.